The summed E-state index contributed by atoms with van der Waals surface area (Å²) in [6.45, 7) is 0. The molecule has 1 aliphatic rings. The monoisotopic (exact) mass is 215 g/mol. The van der Waals surface area contributed by atoms with Crippen molar-refractivity contribution in [2.45, 2.75) is 12.5 Å². The van der Waals surface area contributed by atoms with E-state index in [1.165, 1.54) is 6.07 Å². The molecule has 1 saturated heterocycles. The summed E-state index contributed by atoms with van der Waals surface area (Å²) in [7, 11) is 0. The third-order valence-corrected chi connectivity index (χ3v) is 3.38. The van der Waals surface area contributed by atoms with Crippen LogP contribution in [0.5, 0.6) is 0 Å². The first-order valence-electron chi connectivity index (χ1n) is 4.55. The summed E-state index contributed by atoms with van der Waals surface area (Å²) in [5.41, 5.74) is 0.663. The molecule has 0 aromatic heterocycles. The first-order chi connectivity index (χ1) is 6.75. The molecule has 0 saturated carbocycles. The minimum atomic E-state index is -0.795. The molecule has 2 rings (SSSR count). The molecule has 1 unspecified atom stereocenters. The second-order valence-corrected chi connectivity index (χ2v) is 4.48. The third kappa shape index (κ3) is 2.18. The summed E-state index contributed by atoms with van der Waals surface area (Å²) in [5, 5.41) is 3.18. The van der Waals surface area contributed by atoms with E-state index < -0.39 is 11.6 Å². The standard InChI is InChI=1S/C10H11F2NS/c11-9-2-1-7(5-10(9)12)13-8-3-4-14-6-8/h1-2,5,8,13H,3-4,6H2. The van der Waals surface area contributed by atoms with E-state index in [4.69, 9.17) is 0 Å². The van der Waals surface area contributed by atoms with Crippen molar-refractivity contribution in [1.82, 2.24) is 0 Å². The van der Waals surface area contributed by atoms with Crippen molar-refractivity contribution in [1.29, 1.82) is 0 Å². The van der Waals surface area contributed by atoms with Crippen LogP contribution in [0.3, 0.4) is 0 Å². The van der Waals surface area contributed by atoms with E-state index in [1.807, 2.05) is 11.8 Å². The second kappa shape index (κ2) is 4.17. The molecule has 4 heteroatoms. The van der Waals surface area contributed by atoms with Gasteiger partial charge in [0.1, 0.15) is 0 Å². The van der Waals surface area contributed by atoms with E-state index in [9.17, 15) is 8.78 Å². The fourth-order valence-corrected chi connectivity index (χ4v) is 2.62. The lowest BCUT2D eigenvalue weighted by molar-refractivity contribution is 0.509. The minimum absolute atomic E-state index is 0.393. The number of halogens is 2. The van der Waals surface area contributed by atoms with Gasteiger partial charge in [0.15, 0.2) is 11.6 Å². The highest BCUT2D eigenvalue weighted by Crippen LogP contribution is 2.22. The summed E-state index contributed by atoms with van der Waals surface area (Å²) in [6.07, 6.45) is 1.09. The van der Waals surface area contributed by atoms with Crippen LogP contribution in [0.15, 0.2) is 18.2 Å². The van der Waals surface area contributed by atoms with Gasteiger partial charge in [0.25, 0.3) is 0 Å². The number of hydrogen-bond acceptors (Lipinski definition) is 2. The number of hydrogen-bond donors (Lipinski definition) is 1. The van der Waals surface area contributed by atoms with Gasteiger partial charge >= 0.3 is 0 Å². The lowest BCUT2D eigenvalue weighted by atomic mass is 10.2. The van der Waals surface area contributed by atoms with Crippen LogP contribution in [0.25, 0.3) is 0 Å². The van der Waals surface area contributed by atoms with E-state index >= 15 is 0 Å². The third-order valence-electron chi connectivity index (χ3n) is 2.22. The van der Waals surface area contributed by atoms with Crippen LogP contribution in [0.2, 0.25) is 0 Å². The van der Waals surface area contributed by atoms with Gasteiger partial charge in [-0.3, -0.25) is 0 Å². The summed E-state index contributed by atoms with van der Waals surface area (Å²) in [6, 6.07) is 4.32. The van der Waals surface area contributed by atoms with E-state index in [1.54, 1.807) is 6.07 Å². The van der Waals surface area contributed by atoms with E-state index in [-0.39, 0.29) is 0 Å². The highest BCUT2D eigenvalue weighted by atomic mass is 32.2. The molecule has 1 N–H and O–H groups in total. The molecule has 0 amide bonds. The summed E-state index contributed by atoms with van der Waals surface area (Å²) < 4.78 is 25.4. The van der Waals surface area contributed by atoms with Gasteiger partial charge in [-0.15, -0.1) is 0 Å². The summed E-state index contributed by atoms with van der Waals surface area (Å²) in [4.78, 5) is 0. The maximum Gasteiger partial charge on any atom is 0.160 e. The number of nitrogens with one attached hydrogen (secondary N) is 1. The Kier molecular flexibility index (Phi) is 2.91. The molecule has 1 nitrogen and oxygen atoms in total. The molecule has 0 aliphatic carbocycles. The van der Waals surface area contributed by atoms with Crippen LogP contribution in [-0.4, -0.2) is 17.5 Å². The number of thioether (sulfide) groups is 1. The molecular weight excluding hydrogens is 204 g/mol. The van der Waals surface area contributed by atoms with Gasteiger partial charge in [0.05, 0.1) is 0 Å². The Morgan fingerprint density at radius 2 is 2.14 bits per heavy atom. The molecule has 1 aliphatic heterocycles. The number of rotatable bonds is 2. The Hall–Kier alpha value is -0.770. The lowest BCUT2D eigenvalue weighted by Gasteiger charge is -2.12. The lowest BCUT2D eigenvalue weighted by Crippen LogP contribution is -2.18. The van der Waals surface area contributed by atoms with Crippen molar-refractivity contribution in [3.8, 4) is 0 Å². The molecule has 1 fully saturated rings. The zero-order valence-electron chi connectivity index (χ0n) is 7.59. The highest BCUT2D eigenvalue weighted by molar-refractivity contribution is 7.99. The van der Waals surface area contributed by atoms with Gasteiger partial charge in [0, 0.05) is 23.5 Å². The van der Waals surface area contributed by atoms with Crippen molar-refractivity contribution < 1.29 is 8.78 Å². The van der Waals surface area contributed by atoms with Crippen molar-refractivity contribution >= 4 is 17.4 Å². The summed E-state index contributed by atoms with van der Waals surface area (Å²) in [5.74, 6) is 0.595. The van der Waals surface area contributed by atoms with E-state index in [0.717, 1.165) is 24.0 Å². The predicted molar refractivity (Wildman–Crippen MR) is 55.7 cm³/mol. The Morgan fingerprint density at radius 3 is 2.79 bits per heavy atom. The normalized spacial score (nSPS) is 21.1. The zero-order valence-corrected chi connectivity index (χ0v) is 8.41. The zero-order chi connectivity index (χ0) is 9.97. The van der Waals surface area contributed by atoms with Crippen molar-refractivity contribution in [2.24, 2.45) is 0 Å². The van der Waals surface area contributed by atoms with Gasteiger partial charge in [-0.05, 0) is 24.3 Å². The molecule has 0 bridgehead atoms. The fourth-order valence-electron chi connectivity index (χ4n) is 1.47. The van der Waals surface area contributed by atoms with Crippen molar-refractivity contribution in [3.63, 3.8) is 0 Å². The Bertz CT molecular complexity index is 324. The number of benzene rings is 1. The molecule has 1 aromatic rings. The Balaban J connectivity index is 2.05. The van der Waals surface area contributed by atoms with Gasteiger partial charge in [-0.2, -0.15) is 11.8 Å². The van der Waals surface area contributed by atoms with Crippen molar-refractivity contribution in [3.05, 3.63) is 29.8 Å². The second-order valence-electron chi connectivity index (χ2n) is 3.33. The largest absolute Gasteiger partial charge is 0.381 e. The highest BCUT2D eigenvalue weighted by Gasteiger charge is 2.15. The van der Waals surface area contributed by atoms with Crippen LogP contribution in [0.4, 0.5) is 14.5 Å². The fraction of sp³-hybridized carbons (Fsp3) is 0.400. The first-order valence-corrected chi connectivity index (χ1v) is 5.70. The van der Waals surface area contributed by atoms with Crippen LogP contribution >= 0.6 is 11.8 Å². The van der Waals surface area contributed by atoms with Crippen LogP contribution in [-0.2, 0) is 0 Å². The van der Waals surface area contributed by atoms with Gasteiger partial charge in [0.2, 0.25) is 0 Å². The molecule has 14 heavy (non-hydrogen) atoms. The molecular formula is C10H11F2NS. The Morgan fingerprint density at radius 1 is 1.29 bits per heavy atom. The molecule has 0 spiro atoms. The maximum absolute atomic E-state index is 12.8. The quantitative estimate of drug-likeness (QED) is 0.814. The Labute approximate surface area is 85.9 Å². The summed E-state index contributed by atoms with van der Waals surface area (Å²) >= 11 is 1.88. The smallest absolute Gasteiger partial charge is 0.160 e. The maximum atomic E-state index is 12.8. The van der Waals surface area contributed by atoms with Crippen LogP contribution in [0.1, 0.15) is 6.42 Å². The SMILES string of the molecule is Fc1ccc(NC2CCSC2)cc1F. The van der Waals surface area contributed by atoms with Gasteiger partial charge < -0.3 is 5.32 Å². The van der Waals surface area contributed by atoms with Crippen LogP contribution < -0.4 is 5.32 Å². The topological polar surface area (TPSA) is 12.0 Å². The molecule has 0 radical (unpaired) electrons. The minimum Gasteiger partial charge on any atom is -0.381 e. The first kappa shape index (κ1) is 9.77. The van der Waals surface area contributed by atoms with Gasteiger partial charge in [-0.25, -0.2) is 8.78 Å². The average molecular weight is 215 g/mol. The molecule has 1 heterocycles. The van der Waals surface area contributed by atoms with Crippen molar-refractivity contribution in [2.75, 3.05) is 16.8 Å². The predicted octanol–water partition coefficient (Wildman–Crippen LogP) is 2.88. The van der Waals surface area contributed by atoms with Crippen LogP contribution in [0, 0.1) is 11.6 Å². The molecule has 1 aromatic carbocycles. The van der Waals surface area contributed by atoms with E-state index in [2.05, 4.69) is 5.32 Å². The van der Waals surface area contributed by atoms with Gasteiger partial charge in [-0.1, -0.05) is 0 Å². The molecule has 1 atom stereocenters. The van der Waals surface area contributed by atoms with E-state index in [0.29, 0.717) is 11.7 Å². The average Bonchev–Trinajstić information content (AvgIpc) is 2.64. The number of anilines is 1. The molecule has 76 valence electrons.